The van der Waals surface area contributed by atoms with Gasteiger partial charge in [-0.3, -0.25) is 0 Å². The van der Waals surface area contributed by atoms with Gasteiger partial charge in [-0.1, -0.05) is 0 Å². The Labute approximate surface area is 105 Å². The summed E-state index contributed by atoms with van der Waals surface area (Å²) in [6.45, 7) is 1.37. The number of anilines is 2. The van der Waals surface area contributed by atoms with E-state index in [1.54, 1.807) is 12.3 Å². The molecule has 18 heavy (non-hydrogen) atoms. The predicted molar refractivity (Wildman–Crippen MR) is 67.4 cm³/mol. The predicted octanol–water partition coefficient (Wildman–Crippen LogP) is 0.411. The number of aliphatic hydroxyl groups excluding tert-OH is 1. The summed E-state index contributed by atoms with van der Waals surface area (Å²) in [7, 11) is 1.32. The van der Waals surface area contributed by atoms with Crippen molar-refractivity contribution in [3.8, 4) is 0 Å². The highest BCUT2D eigenvalue weighted by Gasteiger charge is 2.22. The van der Waals surface area contributed by atoms with E-state index >= 15 is 0 Å². The van der Waals surface area contributed by atoms with Crippen molar-refractivity contribution in [1.29, 1.82) is 0 Å². The molecule has 0 aromatic carbocycles. The van der Waals surface area contributed by atoms with Crippen LogP contribution in [0.15, 0.2) is 12.3 Å². The molecule has 0 amide bonds. The van der Waals surface area contributed by atoms with Crippen molar-refractivity contribution < 1.29 is 14.6 Å². The zero-order valence-corrected chi connectivity index (χ0v) is 10.3. The average molecular weight is 251 g/mol. The van der Waals surface area contributed by atoms with Crippen LogP contribution in [0.25, 0.3) is 0 Å². The maximum atomic E-state index is 11.5. The van der Waals surface area contributed by atoms with Crippen LogP contribution in [0.1, 0.15) is 23.2 Å². The highest BCUT2D eigenvalue weighted by Crippen LogP contribution is 2.27. The Morgan fingerprint density at radius 3 is 2.83 bits per heavy atom. The fourth-order valence-electron chi connectivity index (χ4n) is 2.08. The van der Waals surface area contributed by atoms with Gasteiger partial charge in [-0.05, 0) is 18.9 Å². The second kappa shape index (κ2) is 5.22. The van der Waals surface area contributed by atoms with Gasteiger partial charge < -0.3 is 20.5 Å². The first-order valence-corrected chi connectivity index (χ1v) is 5.89. The molecule has 0 radical (unpaired) electrons. The number of carbonyl (C=O) groups is 1. The molecule has 0 spiro atoms. The van der Waals surface area contributed by atoms with E-state index in [1.807, 2.05) is 4.90 Å². The van der Waals surface area contributed by atoms with Crippen molar-refractivity contribution in [2.45, 2.75) is 18.9 Å². The molecule has 1 fully saturated rings. The molecular weight excluding hydrogens is 234 g/mol. The number of nitrogen functional groups attached to an aromatic ring is 1. The monoisotopic (exact) mass is 251 g/mol. The van der Waals surface area contributed by atoms with E-state index in [9.17, 15) is 9.90 Å². The summed E-state index contributed by atoms with van der Waals surface area (Å²) in [6.07, 6.45) is 2.65. The van der Waals surface area contributed by atoms with E-state index in [4.69, 9.17) is 5.73 Å². The third-order valence-electron chi connectivity index (χ3n) is 3.14. The molecule has 1 aliphatic rings. The first-order valence-electron chi connectivity index (χ1n) is 5.89. The number of pyridine rings is 1. The van der Waals surface area contributed by atoms with Gasteiger partial charge in [0, 0.05) is 19.3 Å². The molecule has 1 aromatic heterocycles. The zero-order chi connectivity index (χ0) is 13.1. The smallest absolute Gasteiger partial charge is 0.340 e. The summed E-state index contributed by atoms with van der Waals surface area (Å²) >= 11 is 0. The largest absolute Gasteiger partial charge is 0.465 e. The third-order valence-corrected chi connectivity index (χ3v) is 3.14. The van der Waals surface area contributed by atoms with Crippen LogP contribution in [0.5, 0.6) is 0 Å². The van der Waals surface area contributed by atoms with Crippen molar-refractivity contribution >= 4 is 17.5 Å². The number of ether oxygens (including phenoxy) is 1. The Morgan fingerprint density at radius 1 is 1.56 bits per heavy atom. The normalized spacial score (nSPS) is 16.7. The molecule has 2 heterocycles. The number of nitrogens with two attached hydrogens (primary N) is 1. The molecule has 0 bridgehead atoms. The van der Waals surface area contributed by atoms with E-state index < -0.39 is 5.97 Å². The molecule has 0 aliphatic carbocycles. The number of hydrogen-bond acceptors (Lipinski definition) is 6. The molecule has 3 N–H and O–H groups in total. The molecule has 98 valence electrons. The first kappa shape index (κ1) is 12.6. The van der Waals surface area contributed by atoms with Gasteiger partial charge in [-0.2, -0.15) is 0 Å². The lowest BCUT2D eigenvalue weighted by Crippen LogP contribution is -2.37. The van der Waals surface area contributed by atoms with Gasteiger partial charge in [0.1, 0.15) is 0 Å². The number of methoxy groups -OCH3 is 1. The van der Waals surface area contributed by atoms with Crippen molar-refractivity contribution in [3.05, 3.63) is 17.8 Å². The summed E-state index contributed by atoms with van der Waals surface area (Å²) in [5.74, 6) is 0.123. The minimum Gasteiger partial charge on any atom is -0.465 e. The minimum atomic E-state index is -0.465. The Morgan fingerprint density at radius 2 is 2.22 bits per heavy atom. The molecule has 1 saturated heterocycles. The zero-order valence-electron chi connectivity index (χ0n) is 10.3. The maximum absolute atomic E-state index is 11.5. The van der Waals surface area contributed by atoms with Gasteiger partial charge >= 0.3 is 5.97 Å². The number of esters is 1. The molecule has 0 unspecified atom stereocenters. The lowest BCUT2D eigenvalue weighted by molar-refractivity contribution is 0.0601. The highest BCUT2D eigenvalue weighted by molar-refractivity contribution is 5.97. The fourth-order valence-corrected chi connectivity index (χ4v) is 2.08. The number of rotatable bonds is 2. The molecule has 0 atom stereocenters. The maximum Gasteiger partial charge on any atom is 0.340 e. The SMILES string of the molecule is COC(=O)c1ccnc(N2CCC(O)CC2)c1N. The summed E-state index contributed by atoms with van der Waals surface area (Å²) in [5, 5.41) is 9.47. The molecule has 1 aromatic rings. The highest BCUT2D eigenvalue weighted by atomic mass is 16.5. The summed E-state index contributed by atoms with van der Waals surface area (Å²) < 4.78 is 4.67. The van der Waals surface area contributed by atoms with Crippen LogP contribution in [0.2, 0.25) is 0 Å². The molecule has 6 nitrogen and oxygen atoms in total. The van der Waals surface area contributed by atoms with Crippen molar-refractivity contribution in [1.82, 2.24) is 4.98 Å². The van der Waals surface area contributed by atoms with E-state index in [0.29, 0.717) is 43.0 Å². The Bertz CT molecular complexity index is 442. The second-order valence-corrected chi connectivity index (χ2v) is 4.31. The van der Waals surface area contributed by atoms with E-state index in [1.165, 1.54) is 7.11 Å². The number of aliphatic hydroxyl groups is 1. The fraction of sp³-hybridized carbons (Fsp3) is 0.500. The summed E-state index contributed by atoms with van der Waals surface area (Å²) in [6, 6.07) is 1.55. The van der Waals surface area contributed by atoms with Crippen LogP contribution in [0.4, 0.5) is 11.5 Å². The van der Waals surface area contributed by atoms with Crippen LogP contribution >= 0.6 is 0 Å². The minimum absolute atomic E-state index is 0.258. The van der Waals surface area contributed by atoms with Gasteiger partial charge in [0.2, 0.25) is 0 Å². The molecule has 0 saturated carbocycles. The van der Waals surface area contributed by atoms with E-state index in [2.05, 4.69) is 9.72 Å². The standard InChI is InChI=1S/C12H17N3O3/c1-18-12(17)9-2-5-14-11(10(9)13)15-6-3-8(16)4-7-15/h2,5,8,16H,3-4,6-7,13H2,1H3. The number of carbonyl (C=O) groups excluding carboxylic acids is 1. The lowest BCUT2D eigenvalue weighted by atomic mass is 10.1. The topological polar surface area (TPSA) is 88.7 Å². The van der Waals surface area contributed by atoms with Crippen molar-refractivity contribution in [3.63, 3.8) is 0 Å². The summed E-state index contributed by atoms with van der Waals surface area (Å²) in [5.41, 5.74) is 6.62. The van der Waals surface area contributed by atoms with Gasteiger partial charge in [0.05, 0.1) is 24.5 Å². The number of nitrogens with zero attached hydrogens (tertiary/aromatic N) is 2. The first-order chi connectivity index (χ1) is 8.63. The molecular formula is C12H17N3O3. The van der Waals surface area contributed by atoms with Gasteiger partial charge in [0.25, 0.3) is 0 Å². The van der Waals surface area contributed by atoms with Gasteiger partial charge in [-0.25, -0.2) is 9.78 Å². The average Bonchev–Trinajstić information content (AvgIpc) is 2.39. The Kier molecular flexibility index (Phi) is 3.66. The van der Waals surface area contributed by atoms with E-state index in [-0.39, 0.29) is 6.10 Å². The van der Waals surface area contributed by atoms with Crippen LogP contribution in [-0.4, -0.2) is 42.4 Å². The molecule has 1 aliphatic heterocycles. The molecule has 2 rings (SSSR count). The Balaban J connectivity index is 2.26. The number of hydrogen-bond donors (Lipinski definition) is 2. The van der Waals surface area contributed by atoms with Crippen molar-refractivity contribution in [2.24, 2.45) is 0 Å². The number of piperidine rings is 1. The van der Waals surface area contributed by atoms with Crippen LogP contribution in [0.3, 0.4) is 0 Å². The third kappa shape index (κ3) is 2.38. The lowest BCUT2D eigenvalue weighted by Gasteiger charge is -2.31. The van der Waals surface area contributed by atoms with Gasteiger partial charge in [0.15, 0.2) is 5.82 Å². The van der Waals surface area contributed by atoms with E-state index in [0.717, 1.165) is 0 Å². The summed E-state index contributed by atoms with van der Waals surface area (Å²) in [4.78, 5) is 17.7. The van der Waals surface area contributed by atoms with Crippen molar-refractivity contribution in [2.75, 3.05) is 30.8 Å². The molecule has 6 heteroatoms. The van der Waals surface area contributed by atoms with Crippen LogP contribution in [-0.2, 0) is 4.74 Å². The number of aromatic nitrogens is 1. The van der Waals surface area contributed by atoms with Crippen LogP contribution < -0.4 is 10.6 Å². The van der Waals surface area contributed by atoms with Gasteiger partial charge in [-0.15, -0.1) is 0 Å². The van der Waals surface area contributed by atoms with Crippen LogP contribution in [0, 0.1) is 0 Å². The second-order valence-electron chi connectivity index (χ2n) is 4.31. The Hall–Kier alpha value is -1.82. The quantitative estimate of drug-likeness (QED) is 0.740.